The van der Waals surface area contributed by atoms with Crippen LogP contribution in [0.2, 0.25) is 0 Å². The molecular formula is C23H23N3O2. The first-order valence-electron chi connectivity index (χ1n) is 9.25. The second kappa shape index (κ2) is 8.10. The van der Waals surface area contributed by atoms with E-state index in [4.69, 9.17) is 0 Å². The third-order valence-electron chi connectivity index (χ3n) is 5.22. The van der Waals surface area contributed by atoms with Gasteiger partial charge in [0.15, 0.2) is 0 Å². The fraction of sp³-hybridized carbons (Fsp3) is 0.261. The number of nitrogens with zero attached hydrogens (tertiary/aromatic N) is 2. The predicted octanol–water partition coefficient (Wildman–Crippen LogP) is 3.61. The lowest BCUT2D eigenvalue weighted by atomic mass is 9.98. The van der Waals surface area contributed by atoms with E-state index in [-0.39, 0.29) is 17.0 Å². The van der Waals surface area contributed by atoms with E-state index in [1.807, 2.05) is 30.3 Å². The molecule has 0 fully saturated rings. The number of hydrogen-bond acceptors (Lipinski definition) is 3. The lowest BCUT2D eigenvalue weighted by Gasteiger charge is -2.19. The number of rotatable bonds is 5. The lowest BCUT2D eigenvalue weighted by Crippen LogP contribution is -2.27. The Kier molecular flexibility index (Phi) is 5.60. The molecule has 28 heavy (non-hydrogen) atoms. The lowest BCUT2D eigenvalue weighted by molar-refractivity contribution is -0.130. The molecule has 5 nitrogen and oxygen atoms in total. The van der Waals surface area contributed by atoms with Crippen LogP contribution in [0.1, 0.15) is 34.4 Å². The zero-order valence-corrected chi connectivity index (χ0v) is 16.4. The summed E-state index contributed by atoms with van der Waals surface area (Å²) in [4.78, 5) is 29.0. The van der Waals surface area contributed by atoms with Gasteiger partial charge in [0.25, 0.3) is 5.56 Å². The first kappa shape index (κ1) is 19.4. The van der Waals surface area contributed by atoms with Crippen molar-refractivity contribution in [2.75, 3.05) is 7.05 Å². The molecule has 1 N–H and O–H groups in total. The van der Waals surface area contributed by atoms with Gasteiger partial charge in [-0.2, -0.15) is 5.26 Å². The van der Waals surface area contributed by atoms with Gasteiger partial charge in [-0.05, 0) is 47.7 Å². The van der Waals surface area contributed by atoms with Crippen LogP contribution in [0.3, 0.4) is 0 Å². The Morgan fingerprint density at radius 1 is 1.14 bits per heavy atom. The van der Waals surface area contributed by atoms with Crippen LogP contribution in [0.25, 0.3) is 10.8 Å². The zero-order valence-electron chi connectivity index (χ0n) is 16.4. The van der Waals surface area contributed by atoms with Gasteiger partial charge in [-0.25, -0.2) is 0 Å². The Bertz CT molecular complexity index is 1130. The Morgan fingerprint density at radius 2 is 1.86 bits per heavy atom. The molecule has 0 bridgehead atoms. The van der Waals surface area contributed by atoms with Crippen molar-refractivity contribution in [3.05, 3.63) is 80.8 Å². The summed E-state index contributed by atoms with van der Waals surface area (Å²) in [7, 11) is 1.80. The van der Waals surface area contributed by atoms with Crippen LogP contribution in [-0.2, 0) is 17.8 Å². The third kappa shape index (κ3) is 3.81. The van der Waals surface area contributed by atoms with Crippen LogP contribution in [0, 0.1) is 25.2 Å². The van der Waals surface area contributed by atoms with Gasteiger partial charge in [-0.1, -0.05) is 42.5 Å². The van der Waals surface area contributed by atoms with Crippen molar-refractivity contribution < 1.29 is 4.79 Å². The molecule has 3 aromatic rings. The molecule has 0 aliphatic heterocycles. The Morgan fingerprint density at radius 3 is 2.61 bits per heavy atom. The minimum absolute atomic E-state index is 0.0245. The normalized spacial score (nSPS) is 10.6. The highest BCUT2D eigenvalue weighted by atomic mass is 16.2. The Hall–Kier alpha value is -3.39. The van der Waals surface area contributed by atoms with Crippen LogP contribution < -0.4 is 5.56 Å². The van der Waals surface area contributed by atoms with Crippen LogP contribution in [0.5, 0.6) is 0 Å². The average Bonchev–Trinajstić information content (AvgIpc) is 2.68. The van der Waals surface area contributed by atoms with E-state index in [0.29, 0.717) is 30.6 Å². The van der Waals surface area contributed by atoms with Crippen molar-refractivity contribution in [1.29, 1.82) is 5.26 Å². The summed E-state index contributed by atoms with van der Waals surface area (Å²) in [5.41, 5.74) is 3.09. The molecule has 5 heteroatoms. The minimum Gasteiger partial charge on any atom is -0.341 e. The van der Waals surface area contributed by atoms with Crippen molar-refractivity contribution in [2.45, 2.75) is 33.2 Å². The van der Waals surface area contributed by atoms with Crippen molar-refractivity contribution in [1.82, 2.24) is 9.88 Å². The highest BCUT2D eigenvalue weighted by molar-refractivity contribution is 5.86. The van der Waals surface area contributed by atoms with Crippen LogP contribution >= 0.6 is 0 Å². The number of H-pyrrole nitrogens is 1. The third-order valence-corrected chi connectivity index (χ3v) is 5.22. The molecule has 142 valence electrons. The summed E-state index contributed by atoms with van der Waals surface area (Å²) in [6, 6.07) is 16.2. The summed E-state index contributed by atoms with van der Waals surface area (Å²) < 4.78 is 0. The number of amides is 1. The molecular weight excluding hydrogens is 350 g/mol. The van der Waals surface area contributed by atoms with E-state index in [1.165, 1.54) is 0 Å². The first-order chi connectivity index (χ1) is 13.4. The fourth-order valence-corrected chi connectivity index (χ4v) is 3.62. The molecule has 1 heterocycles. The molecule has 3 rings (SSSR count). The van der Waals surface area contributed by atoms with E-state index in [9.17, 15) is 14.9 Å². The standard InChI is InChI=1S/C23H23N3O2/c1-15-19(16(2)25-23(28)21(15)13-24)11-12-22(27)26(3)14-18-9-6-8-17-7-4-5-10-20(17)18/h4-10H,11-12,14H2,1-3H3,(H,25,28). The average molecular weight is 373 g/mol. The number of benzene rings is 2. The van der Waals surface area contributed by atoms with Gasteiger partial charge in [0, 0.05) is 25.7 Å². The van der Waals surface area contributed by atoms with E-state index >= 15 is 0 Å². The summed E-state index contributed by atoms with van der Waals surface area (Å²) in [6.07, 6.45) is 0.807. The number of pyridine rings is 1. The molecule has 0 atom stereocenters. The maximum Gasteiger partial charge on any atom is 0.266 e. The van der Waals surface area contributed by atoms with Gasteiger partial charge in [-0.15, -0.1) is 0 Å². The smallest absolute Gasteiger partial charge is 0.266 e. The molecule has 0 saturated heterocycles. The van der Waals surface area contributed by atoms with Crippen molar-refractivity contribution in [2.24, 2.45) is 0 Å². The maximum atomic E-state index is 12.7. The number of aryl methyl sites for hydroxylation is 1. The summed E-state index contributed by atoms with van der Waals surface area (Å²) in [5.74, 6) is 0.0245. The molecule has 0 unspecified atom stereocenters. The Balaban J connectivity index is 1.74. The summed E-state index contributed by atoms with van der Waals surface area (Å²) in [6.45, 7) is 4.10. The highest BCUT2D eigenvalue weighted by Gasteiger charge is 2.15. The second-order valence-electron chi connectivity index (χ2n) is 7.06. The molecule has 1 aromatic heterocycles. The van der Waals surface area contributed by atoms with Crippen molar-refractivity contribution in [3.63, 3.8) is 0 Å². The van der Waals surface area contributed by atoms with Gasteiger partial charge in [0.2, 0.25) is 5.91 Å². The zero-order chi connectivity index (χ0) is 20.3. The van der Waals surface area contributed by atoms with Gasteiger partial charge in [-0.3, -0.25) is 9.59 Å². The van der Waals surface area contributed by atoms with Crippen LogP contribution in [-0.4, -0.2) is 22.8 Å². The maximum absolute atomic E-state index is 12.7. The van der Waals surface area contributed by atoms with Gasteiger partial charge >= 0.3 is 0 Å². The number of carbonyl (C=O) groups is 1. The van der Waals surface area contributed by atoms with E-state index in [2.05, 4.69) is 23.2 Å². The number of fused-ring (bicyclic) bond motifs is 1. The monoisotopic (exact) mass is 373 g/mol. The molecule has 0 aliphatic carbocycles. The minimum atomic E-state index is -0.374. The number of aromatic nitrogens is 1. The number of hydrogen-bond donors (Lipinski definition) is 1. The van der Waals surface area contributed by atoms with Gasteiger partial charge in [0.05, 0.1) is 0 Å². The number of nitriles is 1. The molecule has 0 saturated carbocycles. The quantitative estimate of drug-likeness (QED) is 0.742. The van der Waals surface area contributed by atoms with E-state index in [0.717, 1.165) is 21.9 Å². The largest absolute Gasteiger partial charge is 0.341 e. The van der Waals surface area contributed by atoms with Gasteiger partial charge in [0.1, 0.15) is 11.6 Å². The molecule has 1 amide bonds. The first-order valence-corrected chi connectivity index (χ1v) is 9.25. The number of carbonyl (C=O) groups excluding carboxylic acids is 1. The van der Waals surface area contributed by atoms with E-state index in [1.54, 1.807) is 25.8 Å². The van der Waals surface area contributed by atoms with Crippen molar-refractivity contribution in [3.8, 4) is 6.07 Å². The molecule has 0 radical (unpaired) electrons. The van der Waals surface area contributed by atoms with Gasteiger partial charge < -0.3 is 9.88 Å². The summed E-state index contributed by atoms with van der Waals surface area (Å²) >= 11 is 0. The number of nitrogens with one attached hydrogen (secondary N) is 1. The topological polar surface area (TPSA) is 77.0 Å². The van der Waals surface area contributed by atoms with Crippen molar-refractivity contribution >= 4 is 16.7 Å². The number of aromatic amines is 1. The molecule has 2 aromatic carbocycles. The second-order valence-corrected chi connectivity index (χ2v) is 7.06. The predicted molar refractivity (Wildman–Crippen MR) is 110 cm³/mol. The SMILES string of the molecule is Cc1[nH]c(=O)c(C#N)c(C)c1CCC(=O)N(C)Cc1cccc2ccccc12. The summed E-state index contributed by atoms with van der Waals surface area (Å²) in [5, 5.41) is 11.5. The fourth-order valence-electron chi connectivity index (χ4n) is 3.62. The van der Waals surface area contributed by atoms with Crippen LogP contribution in [0.4, 0.5) is 0 Å². The molecule has 0 spiro atoms. The van der Waals surface area contributed by atoms with E-state index < -0.39 is 0 Å². The van der Waals surface area contributed by atoms with Crippen LogP contribution in [0.15, 0.2) is 47.3 Å². The molecule has 0 aliphatic rings. The highest BCUT2D eigenvalue weighted by Crippen LogP contribution is 2.20. The Labute approximate surface area is 164 Å².